The molecule has 0 bridgehead atoms. The number of rotatable bonds is 9. The first-order valence-corrected chi connectivity index (χ1v) is 24.8. The Bertz CT molecular complexity index is 3600. The van der Waals surface area contributed by atoms with Crippen LogP contribution in [0.4, 0.5) is 22.7 Å². The van der Waals surface area contributed by atoms with Gasteiger partial charge in [0.1, 0.15) is 0 Å². The molecule has 0 aromatic heterocycles. The van der Waals surface area contributed by atoms with Gasteiger partial charge in [-0.1, -0.05) is 218 Å². The van der Waals surface area contributed by atoms with Gasteiger partial charge >= 0.3 is 0 Å². The third-order valence-corrected chi connectivity index (χ3v) is 14.8. The number of hydrogen-bond acceptors (Lipinski definition) is 2. The van der Waals surface area contributed by atoms with Crippen molar-refractivity contribution in [3.8, 4) is 33.4 Å². The van der Waals surface area contributed by atoms with E-state index in [1.165, 1.54) is 83.6 Å². The highest BCUT2D eigenvalue weighted by Crippen LogP contribution is 2.65. The molecule has 4 aliphatic rings. The van der Waals surface area contributed by atoms with Crippen LogP contribution in [-0.2, 0) is 5.41 Å². The summed E-state index contributed by atoms with van der Waals surface area (Å²) in [5.74, 6) is 0. The summed E-state index contributed by atoms with van der Waals surface area (Å²) in [4.78, 5) is 4.92. The standard InChI is InChI=1S/C69H50N2/c1-4-19-49(20-5-1)52-25-18-26-55(40-35-52)70(56-41-36-53(37-42-56)50-21-6-2-7-22-50)57-45-47-59(48-46-57)71(58-43-38-54(39-44-58)51-23-8-3-9-24-51)67-34-17-13-30-63-62-29-12-16-33-66(62)69(68(63)67)64-31-14-10-27-60(64)61-28-11-15-32-65(61)69/h1-17,19-29,31-48H,18,30H2. The molecule has 13 rings (SSSR count). The fourth-order valence-electron chi connectivity index (χ4n) is 11.7. The minimum Gasteiger partial charge on any atom is -0.311 e. The minimum atomic E-state index is -0.521. The second-order valence-electron chi connectivity index (χ2n) is 18.7. The molecule has 0 unspecified atom stereocenters. The van der Waals surface area contributed by atoms with E-state index in [2.05, 4.69) is 289 Å². The van der Waals surface area contributed by atoms with Crippen molar-refractivity contribution in [3.63, 3.8) is 0 Å². The molecular weight excluding hydrogens is 857 g/mol. The molecule has 0 N–H and O–H groups in total. The van der Waals surface area contributed by atoms with E-state index in [1.54, 1.807) is 0 Å². The molecule has 1 spiro atoms. The Balaban J connectivity index is 0.974. The molecule has 336 valence electrons. The Morgan fingerprint density at radius 2 is 0.775 bits per heavy atom. The van der Waals surface area contributed by atoms with Crippen LogP contribution in [0.5, 0.6) is 0 Å². The van der Waals surface area contributed by atoms with Crippen LogP contribution in [0.15, 0.2) is 296 Å². The zero-order valence-electron chi connectivity index (χ0n) is 39.4. The molecule has 0 aliphatic heterocycles. The maximum absolute atomic E-state index is 2.51. The third-order valence-electron chi connectivity index (χ3n) is 14.8. The van der Waals surface area contributed by atoms with Gasteiger partial charge in [-0.05, 0) is 151 Å². The van der Waals surface area contributed by atoms with Crippen LogP contribution in [0.25, 0.3) is 44.5 Å². The number of fused-ring (bicyclic) bond motifs is 9. The Morgan fingerprint density at radius 3 is 1.31 bits per heavy atom. The molecule has 0 saturated heterocycles. The summed E-state index contributed by atoms with van der Waals surface area (Å²) in [6.45, 7) is 0. The lowest BCUT2D eigenvalue weighted by molar-refractivity contribution is 0.767. The van der Waals surface area contributed by atoms with E-state index < -0.39 is 5.41 Å². The molecule has 2 heteroatoms. The summed E-state index contributed by atoms with van der Waals surface area (Å²) in [6, 6.07) is 86.8. The smallest absolute Gasteiger partial charge is 0.0742 e. The predicted octanol–water partition coefficient (Wildman–Crippen LogP) is 17.9. The Kier molecular flexibility index (Phi) is 10.6. The first kappa shape index (κ1) is 42.1. The Labute approximate surface area is 417 Å². The van der Waals surface area contributed by atoms with E-state index in [0.717, 1.165) is 41.3 Å². The van der Waals surface area contributed by atoms with Crippen molar-refractivity contribution in [3.05, 3.63) is 324 Å². The first-order valence-electron chi connectivity index (χ1n) is 24.8. The highest BCUT2D eigenvalue weighted by molar-refractivity contribution is 5.98. The zero-order valence-corrected chi connectivity index (χ0v) is 39.4. The predicted molar refractivity (Wildman–Crippen MR) is 298 cm³/mol. The van der Waals surface area contributed by atoms with Crippen LogP contribution in [0.3, 0.4) is 0 Å². The van der Waals surface area contributed by atoms with E-state index >= 15 is 0 Å². The largest absolute Gasteiger partial charge is 0.311 e. The normalized spacial score (nSPS) is 14.8. The lowest BCUT2D eigenvalue weighted by Crippen LogP contribution is -2.32. The Morgan fingerprint density at radius 1 is 0.352 bits per heavy atom. The molecule has 0 radical (unpaired) electrons. The van der Waals surface area contributed by atoms with Gasteiger partial charge in [-0.2, -0.15) is 0 Å². The number of anilines is 4. The van der Waals surface area contributed by atoms with E-state index in [0.29, 0.717) is 0 Å². The summed E-state index contributed by atoms with van der Waals surface area (Å²) >= 11 is 0. The third kappa shape index (κ3) is 7.18. The van der Waals surface area contributed by atoms with Gasteiger partial charge in [0.15, 0.2) is 0 Å². The molecule has 0 atom stereocenters. The molecule has 0 fully saturated rings. The molecular formula is C69H50N2. The van der Waals surface area contributed by atoms with Crippen molar-refractivity contribution in [1.82, 2.24) is 0 Å². The van der Waals surface area contributed by atoms with E-state index in [-0.39, 0.29) is 0 Å². The van der Waals surface area contributed by atoms with Gasteiger partial charge in [-0.3, -0.25) is 0 Å². The number of allylic oxidation sites excluding steroid dienone is 10. The first-order chi connectivity index (χ1) is 35.2. The van der Waals surface area contributed by atoms with E-state index in [9.17, 15) is 0 Å². The van der Waals surface area contributed by atoms with Crippen LogP contribution < -0.4 is 9.80 Å². The fourth-order valence-corrected chi connectivity index (χ4v) is 11.7. The lowest BCUT2D eigenvalue weighted by atomic mass is 9.68. The van der Waals surface area contributed by atoms with Gasteiger partial charge in [0.2, 0.25) is 0 Å². The van der Waals surface area contributed by atoms with Crippen molar-refractivity contribution >= 4 is 33.9 Å². The van der Waals surface area contributed by atoms with E-state index in [1.807, 2.05) is 0 Å². The van der Waals surface area contributed by atoms with Gasteiger partial charge in [-0.25, -0.2) is 0 Å². The summed E-state index contributed by atoms with van der Waals surface area (Å²) in [7, 11) is 0. The maximum atomic E-state index is 2.51. The SMILES string of the molecule is C1=CCC2=C(C(N(c3ccc(-c4ccccc4)cc3)c3ccc(N(C4=CCC=C(c5ccccc5)C=C4)c4ccc(-c5ccccc5)cc4)cc3)=C1)C1(c3ccccc32)c2ccccc2-c2ccccc21. The fraction of sp³-hybridized carbons (Fsp3) is 0.0435. The average molecular weight is 907 g/mol. The summed E-state index contributed by atoms with van der Waals surface area (Å²) < 4.78 is 0. The molecule has 2 nitrogen and oxygen atoms in total. The van der Waals surface area contributed by atoms with Crippen LogP contribution >= 0.6 is 0 Å². The van der Waals surface area contributed by atoms with Crippen LogP contribution in [0.2, 0.25) is 0 Å². The quantitative estimate of drug-likeness (QED) is 0.142. The number of benzene rings is 9. The van der Waals surface area contributed by atoms with Gasteiger partial charge in [0, 0.05) is 28.4 Å². The molecule has 71 heavy (non-hydrogen) atoms. The van der Waals surface area contributed by atoms with Crippen molar-refractivity contribution in [1.29, 1.82) is 0 Å². The molecule has 0 heterocycles. The summed E-state index contributed by atoms with van der Waals surface area (Å²) in [5.41, 5.74) is 24.0. The van der Waals surface area contributed by atoms with Gasteiger partial charge < -0.3 is 9.80 Å². The average Bonchev–Trinajstić information content (AvgIpc) is 3.61. The van der Waals surface area contributed by atoms with Gasteiger partial charge in [0.25, 0.3) is 0 Å². The van der Waals surface area contributed by atoms with Crippen LogP contribution in [0, 0.1) is 0 Å². The van der Waals surface area contributed by atoms with Crippen molar-refractivity contribution in [2.24, 2.45) is 0 Å². The zero-order chi connectivity index (χ0) is 47.1. The van der Waals surface area contributed by atoms with Crippen LogP contribution in [-0.4, -0.2) is 0 Å². The topological polar surface area (TPSA) is 6.48 Å². The molecule has 0 amide bonds. The molecule has 4 aliphatic carbocycles. The maximum Gasteiger partial charge on any atom is 0.0742 e. The molecule has 9 aromatic rings. The Hall–Kier alpha value is -8.98. The van der Waals surface area contributed by atoms with Crippen molar-refractivity contribution in [2.75, 3.05) is 9.80 Å². The second-order valence-corrected chi connectivity index (χ2v) is 18.7. The summed E-state index contributed by atoms with van der Waals surface area (Å²) in [5, 5.41) is 0. The highest BCUT2D eigenvalue weighted by atomic mass is 15.2. The monoisotopic (exact) mass is 906 g/mol. The summed E-state index contributed by atoms with van der Waals surface area (Å²) in [6.07, 6.45) is 17.8. The van der Waals surface area contributed by atoms with Crippen molar-refractivity contribution in [2.45, 2.75) is 18.3 Å². The lowest BCUT2D eigenvalue weighted by Gasteiger charge is -2.38. The minimum absolute atomic E-state index is 0.521. The number of hydrogen-bond donors (Lipinski definition) is 0. The van der Waals surface area contributed by atoms with Gasteiger partial charge in [-0.15, -0.1) is 0 Å². The van der Waals surface area contributed by atoms with Gasteiger partial charge in [0.05, 0.1) is 11.1 Å². The second kappa shape index (κ2) is 17.8. The molecule has 9 aromatic carbocycles. The van der Waals surface area contributed by atoms with Crippen LogP contribution in [0.1, 0.15) is 40.7 Å². The molecule has 0 saturated carbocycles. The highest BCUT2D eigenvalue weighted by Gasteiger charge is 2.54. The number of nitrogens with zero attached hydrogens (tertiary/aromatic N) is 2. The van der Waals surface area contributed by atoms with Crippen molar-refractivity contribution < 1.29 is 0 Å². The van der Waals surface area contributed by atoms with E-state index in [4.69, 9.17) is 0 Å².